The summed E-state index contributed by atoms with van der Waals surface area (Å²) < 4.78 is 0. The maximum absolute atomic E-state index is 10.6. The molecule has 0 spiro atoms. The van der Waals surface area contributed by atoms with Gasteiger partial charge >= 0.3 is 29.8 Å². The second-order valence-electron chi connectivity index (χ2n) is 6.11. The number of aliphatic hydroxyl groups excluding tert-OH is 2. The van der Waals surface area contributed by atoms with E-state index in [4.69, 9.17) is 35.7 Å². The van der Waals surface area contributed by atoms with Gasteiger partial charge in [0.2, 0.25) is 0 Å². The molecule has 31 heavy (non-hydrogen) atoms. The lowest BCUT2D eigenvalue weighted by Crippen LogP contribution is -2.42. The quantitative estimate of drug-likeness (QED) is 0.112. The van der Waals surface area contributed by atoms with E-state index in [1.54, 1.807) is 0 Å². The van der Waals surface area contributed by atoms with Crippen LogP contribution < -0.4 is 0 Å². The topological polar surface area (TPSA) is 237 Å². The van der Waals surface area contributed by atoms with Gasteiger partial charge < -0.3 is 35.7 Å². The number of carboxylic acids is 5. The van der Waals surface area contributed by atoms with Crippen LogP contribution in [0.5, 0.6) is 0 Å². The second kappa shape index (κ2) is 18.0. The molecule has 0 fully saturated rings. The molecule has 0 heterocycles. The van der Waals surface area contributed by atoms with Crippen LogP contribution in [0.2, 0.25) is 0 Å². The minimum atomic E-state index is -1.16. The Balaban J connectivity index is 0. The predicted octanol–water partition coefficient (Wildman–Crippen LogP) is -3.71. The molecule has 0 radical (unpaired) electrons. The molecule has 7 N–H and O–H groups in total. The Morgan fingerprint density at radius 3 is 0.935 bits per heavy atom. The van der Waals surface area contributed by atoms with Crippen molar-refractivity contribution in [3.8, 4) is 0 Å². The van der Waals surface area contributed by atoms with Crippen molar-refractivity contribution in [3.63, 3.8) is 0 Å². The number of hydrogen-bond acceptors (Lipinski definition) is 10. The first kappa shape index (κ1) is 30.3. The smallest absolute Gasteiger partial charge is 0.317 e. The summed E-state index contributed by atoms with van der Waals surface area (Å²) in [7, 11) is 0. The lowest BCUT2D eigenvalue weighted by atomic mass is 10.4. The lowest BCUT2D eigenvalue weighted by Gasteiger charge is -2.24. The van der Waals surface area contributed by atoms with E-state index >= 15 is 0 Å². The number of hydrogen-bond donors (Lipinski definition) is 7. The summed E-state index contributed by atoms with van der Waals surface area (Å²) in [5, 5.41) is 59.7. The van der Waals surface area contributed by atoms with Gasteiger partial charge in [-0.05, 0) is 0 Å². The van der Waals surface area contributed by atoms with Crippen molar-refractivity contribution in [2.75, 3.05) is 72.1 Å². The van der Waals surface area contributed by atoms with Crippen LogP contribution in [0.15, 0.2) is 0 Å². The molecular weight excluding hydrogens is 426 g/mol. The number of aliphatic hydroxyl groups is 2. The Labute approximate surface area is 177 Å². The van der Waals surface area contributed by atoms with Crippen molar-refractivity contribution in [1.82, 2.24) is 14.7 Å². The first-order chi connectivity index (χ1) is 14.4. The van der Waals surface area contributed by atoms with E-state index < -0.39 is 42.9 Å². The van der Waals surface area contributed by atoms with Gasteiger partial charge in [-0.3, -0.25) is 38.7 Å². The van der Waals surface area contributed by atoms with Crippen LogP contribution in [0.25, 0.3) is 0 Å². The fourth-order valence-electron chi connectivity index (χ4n) is 2.22. The number of carbonyl (C=O) groups is 5. The van der Waals surface area contributed by atoms with Gasteiger partial charge in [0.1, 0.15) is 0 Å². The summed E-state index contributed by atoms with van der Waals surface area (Å²) in [6.45, 7) is -1.96. The van der Waals surface area contributed by atoms with E-state index in [0.717, 1.165) is 4.90 Å². The van der Waals surface area contributed by atoms with Crippen molar-refractivity contribution in [2.45, 2.75) is 0 Å². The van der Waals surface area contributed by atoms with Gasteiger partial charge in [0, 0.05) is 26.2 Å². The molecule has 0 aliphatic rings. The number of rotatable bonds is 17. The molecule has 0 aliphatic carbocycles. The van der Waals surface area contributed by atoms with Crippen molar-refractivity contribution in [1.29, 1.82) is 0 Å². The van der Waals surface area contributed by atoms with Gasteiger partial charge in [-0.1, -0.05) is 0 Å². The fourth-order valence-corrected chi connectivity index (χ4v) is 2.22. The summed E-state index contributed by atoms with van der Waals surface area (Å²) in [5.74, 6) is -5.60. The largest absolute Gasteiger partial charge is 0.480 e. The minimum absolute atomic E-state index is 0.0542. The first-order valence-electron chi connectivity index (χ1n) is 8.88. The van der Waals surface area contributed by atoms with Crippen LogP contribution in [0.3, 0.4) is 0 Å². The maximum Gasteiger partial charge on any atom is 0.317 e. The third kappa shape index (κ3) is 21.7. The van der Waals surface area contributed by atoms with E-state index in [1.807, 2.05) is 0 Å². The van der Waals surface area contributed by atoms with Gasteiger partial charge in [0.15, 0.2) is 0 Å². The van der Waals surface area contributed by atoms with Crippen LogP contribution in [-0.4, -0.2) is 152 Å². The van der Waals surface area contributed by atoms with Crippen LogP contribution in [0.4, 0.5) is 0 Å². The highest BCUT2D eigenvalue weighted by Crippen LogP contribution is 1.94. The van der Waals surface area contributed by atoms with Crippen LogP contribution in [0, 0.1) is 0 Å². The molecule has 0 unspecified atom stereocenters. The summed E-state index contributed by atoms with van der Waals surface area (Å²) >= 11 is 0. The zero-order chi connectivity index (χ0) is 24.4. The summed E-state index contributed by atoms with van der Waals surface area (Å²) in [4.78, 5) is 55.7. The third-order valence-electron chi connectivity index (χ3n) is 3.36. The molecule has 15 nitrogen and oxygen atoms in total. The van der Waals surface area contributed by atoms with Crippen molar-refractivity contribution >= 4 is 29.8 Å². The Morgan fingerprint density at radius 1 is 0.419 bits per heavy atom. The van der Waals surface area contributed by atoms with Crippen molar-refractivity contribution < 1.29 is 59.7 Å². The Hall–Kier alpha value is -2.85. The van der Waals surface area contributed by atoms with Gasteiger partial charge in [-0.25, -0.2) is 0 Å². The highest BCUT2D eigenvalue weighted by atomic mass is 16.4. The Bertz CT molecular complexity index is 554. The predicted molar refractivity (Wildman–Crippen MR) is 102 cm³/mol. The second-order valence-corrected chi connectivity index (χ2v) is 6.11. The van der Waals surface area contributed by atoms with Crippen molar-refractivity contribution in [2.24, 2.45) is 0 Å². The van der Waals surface area contributed by atoms with Gasteiger partial charge in [-0.15, -0.1) is 0 Å². The zero-order valence-corrected chi connectivity index (χ0v) is 16.8. The van der Waals surface area contributed by atoms with E-state index in [1.165, 1.54) is 9.80 Å². The average molecular weight is 455 g/mol. The highest BCUT2D eigenvalue weighted by molar-refractivity contribution is 5.73. The third-order valence-corrected chi connectivity index (χ3v) is 3.36. The lowest BCUT2D eigenvalue weighted by molar-refractivity contribution is -0.144. The number of aliphatic carboxylic acids is 5. The minimum Gasteiger partial charge on any atom is -0.480 e. The molecule has 0 saturated carbocycles. The Morgan fingerprint density at radius 2 is 0.645 bits per heavy atom. The van der Waals surface area contributed by atoms with Gasteiger partial charge in [-0.2, -0.15) is 0 Å². The normalized spacial score (nSPS) is 10.6. The summed E-state index contributed by atoms with van der Waals surface area (Å²) in [5.41, 5.74) is 0. The van der Waals surface area contributed by atoms with E-state index in [2.05, 4.69) is 0 Å². The number of nitrogens with zero attached hydrogens (tertiary/aromatic N) is 3. The molecule has 15 heteroatoms. The molecule has 180 valence electrons. The molecule has 0 bridgehead atoms. The van der Waals surface area contributed by atoms with E-state index in [9.17, 15) is 24.0 Å². The van der Waals surface area contributed by atoms with Crippen LogP contribution >= 0.6 is 0 Å². The SMILES string of the molecule is O=C(O)CN(CCO)CC(=O)O.O=C(O)CN(CCO)CCN(CC(=O)O)CC(=O)O. The Kier molecular flexibility index (Phi) is 17.6. The summed E-state index contributed by atoms with van der Waals surface area (Å²) in [6.07, 6.45) is 0. The molecular formula is C16H29N3O12. The molecule has 0 aromatic carbocycles. The molecule has 0 aromatic heterocycles. The van der Waals surface area contributed by atoms with E-state index in [-0.39, 0.29) is 59.0 Å². The highest BCUT2D eigenvalue weighted by Gasteiger charge is 2.16. The molecule has 0 aromatic rings. The first-order valence-corrected chi connectivity index (χ1v) is 8.88. The van der Waals surface area contributed by atoms with Crippen LogP contribution in [0.1, 0.15) is 0 Å². The maximum atomic E-state index is 10.6. The fraction of sp³-hybridized carbons (Fsp3) is 0.688. The van der Waals surface area contributed by atoms with Crippen molar-refractivity contribution in [3.05, 3.63) is 0 Å². The molecule has 0 saturated heterocycles. The molecule has 0 amide bonds. The van der Waals surface area contributed by atoms with Gasteiger partial charge in [0.25, 0.3) is 0 Å². The van der Waals surface area contributed by atoms with Crippen LogP contribution in [-0.2, 0) is 24.0 Å². The monoisotopic (exact) mass is 455 g/mol. The molecule has 0 aliphatic heterocycles. The molecule has 0 atom stereocenters. The number of carboxylic acid groups (broad SMARTS) is 5. The zero-order valence-electron chi connectivity index (χ0n) is 16.8. The molecule has 0 rings (SSSR count). The standard InChI is InChI=1S/C10H18N2O7.C6H11NO5/c13-4-3-11(5-8(14)15)1-2-12(6-9(16)17)7-10(18)19;8-2-1-7(3-5(9)10)4-6(11)12/h13H,1-7H2,(H,14,15)(H,16,17)(H,18,19);8H,1-4H2,(H,9,10)(H,11,12). The average Bonchev–Trinajstić information content (AvgIpc) is 2.58. The van der Waals surface area contributed by atoms with E-state index in [0.29, 0.717) is 0 Å². The van der Waals surface area contributed by atoms with Gasteiger partial charge in [0.05, 0.1) is 45.9 Å². The summed E-state index contributed by atoms with van der Waals surface area (Å²) in [6, 6.07) is 0.